The van der Waals surface area contributed by atoms with E-state index in [-0.39, 0.29) is 0 Å². The Hall–Kier alpha value is -0.940. The van der Waals surface area contributed by atoms with Crippen LogP contribution in [0.4, 0.5) is 0 Å². The Kier molecular flexibility index (Phi) is 4.12. The smallest absolute Gasteiger partial charge is 0.141 e. The first-order valence-corrected chi connectivity index (χ1v) is 6.35. The summed E-state index contributed by atoms with van der Waals surface area (Å²) in [4.78, 5) is 4.30. The number of hydrogen-bond donors (Lipinski definition) is 1. The maximum Gasteiger partial charge on any atom is 0.141 e. The third-order valence-electron chi connectivity index (χ3n) is 3.40. The van der Waals surface area contributed by atoms with Gasteiger partial charge in [-0.25, -0.2) is 9.67 Å². The molecule has 1 aliphatic carbocycles. The minimum Gasteiger partial charge on any atom is -0.381 e. The van der Waals surface area contributed by atoms with Crippen molar-refractivity contribution in [1.29, 1.82) is 0 Å². The molecular formula is C12H22N4O. The largest absolute Gasteiger partial charge is 0.381 e. The number of rotatable bonds is 5. The van der Waals surface area contributed by atoms with Crippen molar-refractivity contribution in [3.05, 3.63) is 12.2 Å². The molecule has 0 bridgehead atoms. The molecule has 1 N–H and O–H groups in total. The summed E-state index contributed by atoms with van der Waals surface area (Å²) in [5, 5.41) is 7.77. The van der Waals surface area contributed by atoms with Crippen molar-refractivity contribution in [3.8, 4) is 0 Å². The first kappa shape index (κ1) is 12.5. The van der Waals surface area contributed by atoms with Gasteiger partial charge in [-0.05, 0) is 33.1 Å². The Labute approximate surface area is 103 Å². The van der Waals surface area contributed by atoms with Crippen LogP contribution in [0.3, 0.4) is 0 Å². The molecule has 96 valence electrons. The normalized spacial score (nSPS) is 24.7. The lowest BCUT2D eigenvalue weighted by molar-refractivity contribution is 0.107. The Morgan fingerprint density at radius 3 is 3.00 bits per heavy atom. The van der Waals surface area contributed by atoms with Crippen LogP contribution in [0.25, 0.3) is 0 Å². The Morgan fingerprint density at radius 2 is 2.35 bits per heavy atom. The highest BCUT2D eigenvalue weighted by molar-refractivity contribution is 4.89. The topological polar surface area (TPSA) is 52.0 Å². The summed E-state index contributed by atoms with van der Waals surface area (Å²) in [7, 11) is 1.79. The van der Waals surface area contributed by atoms with E-state index in [9.17, 15) is 0 Å². The summed E-state index contributed by atoms with van der Waals surface area (Å²) in [5.41, 5.74) is 0. The summed E-state index contributed by atoms with van der Waals surface area (Å²) >= 11 is 0. The van der Waals surface area contributed by atoms with Gasteiger partial charge in [-0.3, -0.25) is 0 Å². The van der Waals surface area contributed by atoms with Gasteiger partial charge in [-0.15, -0.1) is 0 Å². The number of ether oxygens (including phenoxy) is 1. The van der Waals surface area contributed by atoms with Crippen molar-refractivity contribution in [2.75, 3.05) is 7.11 Å². The average Bonchev–Trinajstić information content (AvgIpc) is 2.95. The fourth-order valence-electron chi connectivity index (χ4n) is 2.41. The van der Waals surface area contributed by atoms with Gasteiger partial charge >= 0.3 is 0 Å². The number of nitrogens with one attached hydrogen (secondary N) is 1. The molecule has 0 aromatic carbocycles. The fourth-order valence-corrected chi connectivity index (χ4v) is 2.41. The van der Waals surface area contributed by atoms with E-state index in [1.165, 1.54) is 6.42 Å². The van der Waals surface area contributed by atoms with E-state index in [0.717, 1.165) is 25.2 Å². The van der Waals surface area contributed by atoms with Gasteiger partial charge in [0.25, 0.3) is 0 Å². The highest BCUT2D eigenvalue weighted by atomic mass is 16.5. The summed E-state index contributed by atoms with van der Waals surface area (Å²) in [6, 6.07) is 0.918. The lowest BCUT2D eigenvalue weighted by Crippen LogP contribution is -2.28. The lowest BCUT2D eigenvalue weighted by Gasteiger charge is -2.14. The van der Waals surface area contributed by atoms with Crippen LogP contribution in [0.5, 0.6) is 0 Å². The zero-order valence-corrected chi connectivity index (χ0v) is 10.9. The molecule has 2 unspecified atom stereocenters. The predicted octanol–water partition coefficient (Wildman–Crippen LogP) is 1.52. The number of hydrogen-bond acceptors (Lipinski definition) is 4. The van der Waals surface area contributed by atoms with Gasteiger partial charge in [0, 0.05) is 19.2 Å². The molecule has 5 nitrogen and oxygen atoms in total. The standard InChI is InChI=1S/C12H22N4O/c1-9(2)16-12(14-8-15-16)7-13-10-4-5-11(6-10)17-3/h8-11,13H,4-7H2,1-3H3. The molecule has 2 rings (SSSR count). The van der Waals surface area contributed by atoms with Gasteiger partial charge in [0.1, 0.15) is 12.2 Å². The van der Waals surface area contributed by atoms with E-state index < -0.39 is 0 Å². The van der Waals surface area contributed by atoms with Crippen molar-refractivity contribution >= 4 is 0 Å². The van der Waals surface area contributed by atoms with Gasteiger partial charge in [-0.1, -0.05) is 0 Å². The zero-order chi connectivity index (χ0) is 12.3. The van der Waals surface area contributed by atoms with Gasteiger partial charge in [0.15, 0.2) is 0 Å². The maximum absolute atomic E-state index is 5.37. The number of nitrogens with zero attached hydrogens (tertiary/aromatic N) is 3. The fraction of sp³-hybridized carbons (Fsp3) is 0.833. The molecule has 0 aliphatic heterocycles. The van der Waals surface area contributed by atoms with E-state index in [4.69, 9.17) is 4.74 Å². The summed E-state index contributed by atoms with van der Waals surface area (Å²) < 4.78 is 7.34. The summed E-state index contributed by atoms with van der Waals surface area (Å²) in [6.07, 6.45) is 5.51. The Balaban J connectivity index is 1.84. The molecule has 5 heteroatoms. The molecule has 0 saturated heterocycles. The SMILES string of the molecule is COC1CCC(NCc2ncnn2C(C)C)C1. The van der Waals surface area contributed by atoms with Crippen molar-refractivity contribution in [3.63, 3.8) is 0 Å². The molecule has 1 aromatic heterocycles. The molecule has 0 amide bonds. The van der Waals surface area contributed by atoms with Crippen molar-refractivity contribution in [2.45, 2.75) is 57.8 Å². The molecule has 1 heterocycles. The minimum absolute atomic E-state index is 0.365. The first-order chi connectivity index (χ1) is 8.20. The first-order valence-electron chi connectivity index (χ1n) is 6.35. The van der Waals surface area contributed by atoms with Crippen LogP contribution in [0.15, 0.2) is 6.33 Å². The van der Waals surface area contributed by atoms with Crippen LogP contribution < -0.4 is 5.32 Å². The molecular weight excluding hydrogens is 216 g/mol. The van der Waals surface area contributed by atoms with Crippen LogP contribution in [0.1, 0.15) is 45.0 Å². The van der Waals surface area contributed by atoms with Crippen LogP contribution in [0.2, 0.25) is 0 Å². The summed E-state index contributed by atoms with van der Waals surface area (Å²) in [5.74, 6) is 1.01. The molecule has 1 saturated carbocycles. The predicted molar refractivity (Wildman–Crippen MR) is 65.7 cm³/mol. The van der Waals surface area contributed by atoms with Crippen molar-refractivity contribution in [1.82, 2.24) is 20.1 Å². The van der Waals surface area contributed by atoms with Crippen LogP contribution in [-0.4, -0.2) is 34.0 Å². The number of aromatic nitrogens is 3. The molecule has 17 heavy (non-hydrogen) atoms. The van der Waals surface area contributed by atoms with E-state index in [1.54, 1.807) is 13.4 Å². The lowest BCUT2D eigenvalue weighted by atomic mass is 10.2. The molecule has 0 spiro atoms. The second kappa shape index (κ2) is 5.60. The third-order valence-corrected chi connectivity index (χ3v) is 3.40. The van der Waals surface area contributed by atoms with Crippen molar-refractivity contribution < 1.29 is 4.74 Å². The second-order valence-electron chi connectivity index (χ2n) is 4.96. The van der Waals surface area contributed by atoms with E-state index >= 15 is 0 Å². The second-order valence-corrected chi connectivity index (χ2v) is 4.96. The Bertz CT molecular complexity index is 350. The van der Waals surface area contributed by atoms with E-state index in [0.29, 0.717) is 18.2 Å². The van der Waals surface area contributed by atoms with Crippen LogP contribution in [0, 0.1) is 0 Å². The molecule has 1 fully saturated rings. The van der Waals surface area contributed by atoms with Crippen molar-refractivity contribution in [2.24, 2.45) is 0 Å². The highest BCUT2D eigenvalue weighted by Crippen LogP contribution is 2.21. The van der Waals surface area contributed by atoms with Crippen LogP contribution in [-0.2, 0) is 11.3 Å². The van der Waals surface area contributed by atoms with Gasteiger partial charge in [-0.2, -0.15) is 5.10 Å². The van der Waals surface area contributed by atoms with E-state index in [2.05, 4.69) is 29.2 Å². The molecule has 0 radical (unpaired) electrons. The van der Waals surface area contributed by atoms with Gasteiger partial charge in [0.2, 0.25) is 0 Å². The number of methoxy groups -OCH3 is 1. The monoisotopic (exact) mass is 238 g/mol. The third kappa shape index (κ3) is 3.04. The zero-order valence-electron chi connectivity index (χ0n) is 10.9. The summed E-state index contributed by atoms with van der Waals surface area (Å²) in [6.45, 7) is 5.03. The molecule has 2 atom stereocenters. The quantitative estimate of drug-likeness (QED) is 0.845. The average molecular weight is 238 g/mol. The Morgan fingerprint density at radius 1 is 1.53 bits per heavy atom. The molecule has 1 aliphatic rings. The van der Waals surface area contributed by atoms with E-state index in [1.807, 2.05) is 4.68 Å². The maximum atomic E-state index is 5.37. The van der Waals surface area contributed by atoms with Gasteiger partial charge in [0.05, 0.1) is 12.6 Å². The minimum atomic E-state index is 0.365. The van der Waals surface area contributed by atoms with Crippen LogP contribution >= 0.6 is 0 Å². The highest BCUT2D eigenvalue weighted by Gasteiger charge is 2.24. The molecule has 1 aromatic rings. The van der Waals surface area contributed by atoms with Gasteiger partial charge < -0.3 is 10.1 Å².